The number of alkyl halides is 1. The molecule has 0 bridgehead atoms. The van der Waals surface area contributed by atoms with Crippen LogP contribution in [0, 0.1) is 0 Å². The fourth-order valence-electron chi connectivity index (χ4n) is 1.17. The van der Waals surface area contributed by atoms with Crippen molar-refractivity contribution in [3.63, 3.8) is 0 Å². The smallest absolute Gasteiger partial charge is 0.290 e. The zero-order valence-electron chi connectivity index (χ0n) is 8.24. The fourth-order valence-corrected chi connectivity index (χ4v) is 1.32. The largest absolute Gasteiger partial charge is 0.491 e. The van der Waals surface area contributed by atoms with E-state index in [-0.39, 0.29) is 6.10 Å². The van der Waals surface area contributed by atoms with Crippen LogP contribution in [-0.4, -0.2) is 17.4 Å². The standard InChI is InChI=1S/C9H13ClN2O2/c1-3-4-6(2)14-7-5-11-12-9(13)8(7)10/h5-6,8H,3-4H2,1-2H3. The van der Waals surface area contributed by atoms with Crippen LogP contribution in [0.5, 0.6) is 0 Å². The molecule has 0 saturated heterocycles. The molecule has 0 aromatic heterocycles. The average molecular weight is 217 g/mol. The molecule has 1 amide bonds. The molecule has 0 spiro atoms. The summed E-state index contributed by atoms with van der Waals surface area (Å²) in [7, 11) is 0. The highest BCUT2D eigenvalue weighted by Gasteiger charge is 2.25. The van der Waals surface area contributed by atoms with Gasteiger partial charge in [-0.15, -0.1) is 16.7 Å². The minimum absolute atomic E-state index is 0.0496. The number of halogens is 1. The van der Waals surface area contributed by atoms with Gasteiger partial charge in [0.05, 0.1) is 12.3 Å². The summed E-state index contributed by atoms with van der Waals surface area (Å²) in [5.74, 6) is -0.0690. The molecule has 0 aromatic carbocycles. The summed E-state index contributed by atoms with van der Waals surface area (Å²) in [5, 5.41) is 6.01. The summed E-state index contributed by atoms with van der Waals surface area (Å²) in [6.07, 6.45) is 3.39. The first-order valence-electron chi connectivity index (χ1n) is 4.60. The van der Waals surface area contributed by atoms with E-state index in [4.69, 9.17) is 16.3 Å². The molecule has 0 saturated carbocycles. The van der Waals surface area contributed by atoms with Crippen molar-refractivity contribution in [3.8, 4) is 0 Å². The highest BCUT2D eigenvalue weighted by atomic mass is 35.5. The van der Waals surface area contributed by atoms with Gasteiger partial charge in [-0.3, -0.25) is 4.79 Å². The molecule has 0 aliphatic carbocycles. The van der Waals surface area contributed by atoms with Gasteiger partial charge in [0.25, 0.3) is 5.91 Å². The maximum atomic E-state index is 11.0. The van der Waals surface area contributed by atoms with Crippen LogP contribution >= 0.6 is 11.6 Å². The van der Waals surface area contributed by atoms with Crippen molar-refractivity contribution in [2.75, 3.05) is 0 Å². The monoisotopic (exact) mass is 216 g/mol. The van der Waals surface area contributed by atoms with Crippen molar-refractivity contribution in [2.24, 2.45) is 10.2 Å². The van der Waals surface area contributed by atoms with E-state index in [1.165, 1.54) is 6.20 Å². The number of hydrogen-bond donors (Lipinski definition) is 0. The lowest BCUT2D eigenvalue weighted by Gasteiger charge is -2.19. The molecule has 1 aliphatic rings. The summed E-state index contributed by atoms with van der Waals surface area (Å²) in [5.41, 5.74) is 0. The molecule has 0 N–H and O–H groups in total. The maximum Gasteiger partial charge on any atom is 0.290 e. The van der Waals surface area contributed by atoms with Gasteiger partial charge in [-0.05, 0) is 13.3 Å². The lowest BCUT2D eigenvalue weighted by Crippen LogP contribution is -2.21. The van der Waals surface area contributed by atoms with Gasteiger partial charge in [-0.25, -0.2) is 0 Å². The van der Waals surface area contributed by atoms with Crippen molar-refractivity contribution in [1.29, 1.82) is 0 Å². The van der Waals surface area contributed by atoms with Gasteiger partial charge in [0.2, 0.25) is 0 Å². The molecule has 78 valence electrons. The van der Waals surface area contributed by atoms with Crippen LogP contribution in [0.1, 0.15) is 26.7 Å². The van der Waals surface area contributed by atoms with Crippen LogP contribution in [0.4, 0.5) is 0 Å². The Kier molecular flexibility index (Phi) is 4.07. The predicted molar refractivity (Wildman–Crippen MR) is 53.0 cm³/mol. The molecule has 0 radical (unpaired) electrons. The highest BCUT2D eigenvalue weighted by molar-refractivity contribution is 6.32. The van der Waals surface area contributed by atoms with Crippen molar-refractivity contribution >= 4 is 17.5 Å². The van der Waals surface area contributed by atoms with Gasteiger partial charge in [0, 0.05) is 0 Å². The zero-order valence-corrected chi connectivity index (χ0v) is 8.99. The summed E-state index contributed by atoms with van der Waals surface area (Å²) < 4.78 is 5.47. The molecule has 2 unspecified atom stereocenters. The average Bonchev–Trinajstić information content (AvgIpc) is 2.13. The first kappa shape index (κ1) is 11.2. The van der Waals surface area contributed by atoms with Crippen molar-refractivity contribution in [3.05, 3.63) is 12.0 Å². The second-order valence-corrected chi connectivity index (χ2v) is 3.60. The van der Waals surface area contributed by atoms with E-state index in [1.54, 1.807) is 0 Å². The van der Waals surface area contributed by atoms with E-state index in [2.05, 4.69) is 17.2 Å². The minimum atomic E-state index is -0.813. The predicted octanol–water partition coefficient (Wildman–Crippen LogP) is 2.63. The van der Waals surface area contributed by atoms with Gasteiger partial charge in [0.1, 0.15) is 5.76 Å². The fraction of sp³-hybridized carbons (Fsp3) is 0.667. The molecule has 1 heterocycles. The molecule has 0 aromatic rings. The number of nitrogens with zero attached hydrogens (tertiary/aromatic N) is 2. The Hall–Kier alpha value is -0.900. The number of amides is 1. The number of hydrogen-bond acceptors (Lipinski definition) is 3. The zero-order chi connectivity index (χ0) is 10.6. The molecule has 2 atom stereocenters. The van der Waals surface area contributed by atoms with Gasteiger partial charge < -0.3 is 4.74 Å². The first-order chi connectivity index (χ1) is 6.65. The summed E-state index contributed by atoms with van der Waals surface area (Å²) in [4.78, 5) is 11.0. The SMILES string of the molecule is CCCC(C)OC1=CN=NC(=O)C1Cl. The van der Waals surface area contributed by atoms with Crippen molar-refractivity contribution in [1.82, 2.24) is 0 Å². The minimum Gasteiger partial charge on any atom is -0.491 e. The number of carbonyl (C=O) groups excluding carboxylic acids is 1. The third-order valence-electron chi connectivity index (χ3n) is 1.84. The maximum absolute atomic E-state index is 11.0. The number of rotatable bonds is 4. The van der Waals surface area contributed by atoms with Crippen LogP contribution in [0.2, 0.25) is 0 Å². The van der Waals surface area contributed by atoms with E-state index >= 15 is 0 Å². The highest BCUT2D eigenvalue weighted by Crippen LogP contribution is 2.20. The molecular formula is C9H13ClN2O2. The second-order valence-electron chi connectivity index (χ2n) is 3.16. The van der Waals surface area contributed by atoms with E-state index in [0.717, 1.165) is 12.8 Å². The molecule has 1 rings (SSSR count). The quantitative estimate of drug-likeness (QED) is 0.679. The van der Waals surface area contributed by atoms with Gasteiger partial charge in [-0.2, -0.15) is 5.11 Å². The number of ether oxygens (including phenoxy) is 1. The molecule has 1 aliphatic heterocycles. The van der Waals surface area contributed by atoms with E-state index in [1.807, 2.05) is 6.92 Å². The Morgan fingerprint density at radius 1 is 1.71 bits per heavy atom. The van der Waals surface area contributed by atoms with Gasteiger partial charge in [-0.1, -0.05) is 13.3 Å². The second kappa shape index (κ2) is 5.10. The molecule has 14 heavy (non-hydrogen) atoms. The molecular weight excluding hydrogens is 204 g/mol. The Balaban J connectivity index is 2.55. The van der Waals surface area contributed by atoms with Gasteiger partial charge >= 0.3 is 0 Å². The summed E-state index contributed by atoms with van der Waals surface area (Å²) in [6.45, 7) is 4.00. The van der Waals surface area contributed by atoms with Crippen LogP contribution in [-0.2, 0) is 9.53 Å². The van der Waals surface area contributed by atoms with E-state index in [9.17, 15) is 4.79 Å². The molecule has 0 fully saturated rings. The van der Waals surface area contributed by atoms with E-state index < -0.39 is 11.3 Å². The lowest BCUT2D eigenvalue weighted by atomic mass is 10.2. The first-order valence-corrected chi connectivity index (χ1v) is 5.04. The van der Waals surface area contributed by atoms with Crippen LogP contribution in [0.25, 0.3) is 0 Å². The Morgan fingerprint density at radius 2 is 2.43 bits per heavy atom. The topological polar surface area (TPSA) is 51.0 Å². The lowest BCUT2D eigenvalue weighted by molar-refractivity contribution is -0.118. The number of azo groups is 1. The Labute approximate surface area is 88.0 Å². The number of carbonyl (C=O) groups is 1. The van der Waals surface area contributed by atoms with Crippen molar-refractivity contribution < 1.29 is 9.53 Å². The normalized spacial score (nSPS) is 23.2. The van der Waals surface area contributed by atoms with Crippen LogP contribution in [0.3, 0.4) is 0 Å². The van der Waals surface area contributed by atoms with Crippen molar-refractivity contribution in [2.45, 2.75) is 38.2 Å². The molecule has 5 heteroatoms. The third kappa shape index (κ3) is 2.80. The summed E-state index contributed by atoms with van der Waals surface area (Å²) >= 11 is 5.78. The Bertz CT molecular complexity index is 276. The third-order valence-corrected chi connectivity index (χ3v) is 2.24. The van der Waals surface area contributed by atoms with Gasteiger partial charge in [0.15, 0.2) is 5.38 Å². The summed E-state index contributed by atoms with van der Waals surface area (Å²) in [6, 6.07) is 0. The van der Waals surface area contributed by atoms with E-state index in [0.29, 0.717) is 5.76 Å². The van der Waals surface area contributed by atoms with Crippen LogP contribution < -0.4 is 0 Å². The van der Waals surface area contributed by atoms with Crippen LogP contribution in [0.15, 0.2) is 22.2 Å². The Morgan fingerprint density at radius 3 is 3.07 bits per heavy atom. The molecule has 4 nitrogen and oxygen atoms in total.